The molecule has 58 valence electrons. The van der Waals surface area contributed by atoms with Crippen LogP contribution < -0.4 is 5.32 Å². The van der Waals surface area contributed by atoms with Gasteiger partial charge in [-0.3, -0.25) is 0 Å². The molecule has 0 aliphatic rings. The van der Waals surface area contributed by atoms with Crippen LogP contribution in [0.5, 0.6) is 0 Å². The Kier molecular flexibility index (Phi) is 3.09. The molecule has 4 nitrogen and oxygen atoms in total. The predicted octanol–water partition coefficient (Wildman–Crippen LogP) is 1.52. The number of nitrogens with zero attached hydrogens (tertiary/aromatic N) is 2. The van der Waals surface area contributed by atoms with Gasteiger partial charge in [0, 0.05) is 6.20 Å². The Hall–Kier alpha value is -0.850. The molecule has 1 rings (SSSR count). The van der Waals surface area contributed by atoms with Gasteiger partial charge < -0.3 is 10.5 Å². The summed E-state index contributed by atoms with van der Waals surface area (Å²) in [5, 5.41) is 13.6. The second-order valence-corrected chi connectivity index (χ2v) is 2.88. The molecule has 5 heteroatoms. The molecule has 1 aromatic rings. The lowest BCUT2D eigenvalue weighted by Gasteiger charge is -1.98. The van der Waals surface area contributed by atoms with Crippen molar-refractivity contribution >= 4 is 34.7 Å². The second kappa shape index (κ2) is 4.12. The van der Waals surface area contributed by atoms with Gasteiger partial charge in [0.15, 0.2) is 0 Å². The summed E-state index contributed by atoms with van der Waals surface area (Å²) >= 11 is 2.13. The third kappa shape index (κ3) is 2.34. The molecule has 0 atom stereocenters. The van der Waals surface area contributed by atoms with E-state index in [1.807, 2.05) is 12.1 Å². The summed E-state index contributed by atoms with van der Waals surface area (Å²) in [6.45, 7) is 0. The molecule has 0 saturated heterocycles. The first-order valence-corrected chi connectivity index (χ1v) is 3.95. The van der Waals surface area contributed by atoms with Crippen LogP contribution in [0.3, 0.4) is 0 Å². The largest absolute Gasteiger partial charge is 0.410 e. The van der Waals surface area contributed by atoms with E-state index in [9.17, 15) is 0 Å². The van der Waals surface area contributed by atoms with E-state index >= 15 is 0 Å². The summed E-state index contributed by atoms with van der Waals surface area (Å²) < 4.78 is 0.977. The highest BCUT2D eigenvalue weighted by Crippen LogP contribution is 2.12. The van der Waals surface area contributed by atoms with Crippen LogP contribution in [-0.2, 0) is 0 Å². The Labute approximate surface area is 77.5 Å². The SMILES string of the molecule is ON=CNc1ncccc1I. The van der Waals surface area contributed by atoms with E-state index in [0.717, 1.165) is 3.57 Å². The molecule has 0 bridgehead atoms. The third-order valence-corrected chi connectivity index (χ3v) is 1.89. The summed E-state index contributed by atoms with van der Waals surface area (Å²) in [4.78, 5) is 3.99. The molecular weight excluding hydrogens is 257 g/mol. The van der Waals surface area contributed by atoms with Gasteiger partial charge in [-0.05, 0) is 34.7 Å². The molecule has 0 spiro atoms. The fourth-order valence-corrected chi connectivity index (χ4v) is 1.08. The Morgan fingerprint density at radius 1 is 1.73 bits per heavy atom. The minimum atomic E-state index is 0.686. The fraction of sp³-hybridized carbons (Fsp3) is 0. The average molecular weight is 263 g/mol. The monoisotopic (exact) mass is 263 g/mol. The summed E-state index contributed by atoms with van der Waals surface area (Å²) in [6.07, 6.45) is 2.83. The van der Waals surface area contributed by atoms with Crippen molar-refractivity contribution in [3.63, 3.8) is 0 Å². The Balaban J connectivity index is 2.77. The van der Waals surface area contributed by atoms with Crippen LogP contribution in [-0.4, -0.2) is 16.5 Å². The minimum Gasteiger partial charge on any atom is -0.410 e. The van der Waals surface area contributed by atoms with E-state index in [4.69, 9.17) is 5.21 Å². The van der Waals surface area contributed by atoms with Crippen LogP contribution in [0.2, 0.25) is 0 Å². The first-order valence-electron chi connectivity index (χ1n) is 2.87. The number of halogens is 1. The molecule has 11 heavy (non-hydrogen) atoms. The first kappa shape index (κ1) is 8.25. The maximum Gasteiger partial charge on any atom is 0.144 e. The van der Waals surface area contributed by atoms with Gasteiger partial charge >= 0.3 is 0 Å². The molecule has 2 N–H and O–H groups in total. The van der Waals surface area contributed by atoms with Crippen LogP contribution in [0.15, 0.2) is 23.5 Å². The Morgan fingerprint density at radius 2 is 2.55 bits per heavy atom. The van der Waals surface area contributed by atoms with Crippen LogP contribution in [0.25, 0.3) is 0 Å². The second-order valence-electron chi connectivity index (χ2n) is 1.72. The van der Waals surface area contributed by atoms with Crippen LogP contribution in [0.4, 0.5) is 5.82 Å². The zero-order chi connectivity index (χ0) is 8.10. The topological polar surface area (TPSA) is 57.5 Å². The van der Waals surface area contributed by atoms with Crippen molar-refractivity contribution in [3.8, 4) is 0 Å². The molecule has 1 heterocycles. The van der Waals surface area contributed by atoms with E-state index in [-0.39, 0.29) is 0 Å². The Bertz CT molecular complexity index is 264. The lowest BCUT2D eigenvalue weighted by molar-refractivity contribution is 0.321. The van der Waals surface area contributed by atoms with Crippen molar-refractivity contribution in [1.82, 2.24) is 4.98 Å². The molecule has 0 radical (unpaired) electrons. The van der Waals surface area contributed by atoms with E-state index in [1.165, 1.54) is 6.34 Å². The predicted molar refractivity (Wildman–Crippen MR) is 50.9 cm³/mol. The molecular formula is C6H6IN3O. The van der Waals surface area contributed by atoms with E-state index in [2.05, 4.69) is 38.0 Å². The molecule has 0 aromatic carbocycles. The van der Waals surface area contributed by atoms with E-state index in [1.54, 1.807) is 6.20 Å². The third-order valence-electron chi connectivity index (χ3n) is 1.02. The number of hydrogen-bond donors (Lipinski definition) is 2. The Morgan fingerprint density at radius 3 is 3.18 bits per heavy atom. The molecule has 1 aromatic heterocycles. The molecule has 0 fully saturated rings. The number of hydrogen-bond acceptors (Lipinski definition) is 3. The summed E-state index contributed by atoms with van der Waals surface area (Å²) in [7, 11) is 0. The quantitative estimate of drug-likeness (QED) is 0.279. The number of oxime groups is 1. The van der Waals surface area contributed by atoms with E-state index < -0.39 is 0 Å². The number of pyridine rings is 1. The van der Waals surface area contributed by atoms with Crippen molar-refractivity contribution in [2.24, 2.45) is 5.16 Å². The van der Waals surface area contributed by atoms with Gasteiger partial charge in [-0.25, -0.2) is 4.98 Å². The van der Waals surface area contributed by atoms with Crippen molar-refractivity contribution < 1.29 is 5.21 Å². The average Bonchev–Trinajstić information content (AvgIpc) is 2.03. The van der Waals surface area contributed by atoms with Crippen LogP contribution in [0, 0.1) is 3.57 Å². The van der Waals surface area contributed by atoms with Gasteiger partial charge in [0.1, 0.15) is 12.2 Å². The van der Waals surface area contributed by atoms with Gasteiger partial charge in [0.2, 0.25) is 0 Å². The number of anilines is 1. The molecule has 0 amide bonds. The number of nitrogens with one attached hydrogen (secondary N) is 1. The maximum atomic E-state index is 8.10. The van der Waals surface area contributed by atoms with E-state index in [0.29, 0.717) is 5.82 Å². The summed E-state index contributed by atoms with van der Waals surface area (Å²) in [5.74, 6) is 0.686. The molecule has 0 saturated carbocycles. The molecule has 0 aliphatic heterocycles. The zero-order valence-electron chi connectivity index (χ0n) is 5.53. The fourth-order valence-electron chi connectivity index (χ4n) is 0.582. The highest BCUT2D eigenvalue weighted by atomic mass is 127. The van der Waals surface area contributed by atoms with Gasteiger partial charge in [0.05, 0.1) is 3.57 Å². The van der Waals surface area contributed by atoms with Crippen LogP contribution in [0.1, 0.15) is 0 Å². The van der Waals surface area contributed by atoms with Gasteiger partial charge in [-0.2, -0.15) is 0 Å². The maximum absolute atomic E-state index is 8.10. The molecule has 0 unspecified atom stereocenters. The van der Waals surface area contributed by atoms with Crippen molar-refractivity contribution in [2.75, 3.05) is 5.32 Å². The standard InChI is InChI=1S/C6H6IN3O/c7-5-2-1-3-8-6(5)9-4-10-11/h1-4,11H,(H,8,9,10). The molecule has 0 aliphatic carbocycles. The minimum absolute atomic E-state index is 0.686. The van der Waals surface area contributed by atoms with Gasteiger partial charge in [-0.1, -0.05) is 5.16 Å². The normalized spacial score (nSPS) is 10.3. The zero-order valence-corrected chi connectivity index (χ0v) is 7.69. The number of aromatic nitrogens is 1. The van der Waals surface area contributed by atoms with Crippen molar-refractivity contribution in [1.29, 1.82) is 0 Å². The first-order chi connectivity index (χ1) is 5.34. The number of rotatable bonds is 2. The van der Waals surface area contributed by atoms with Gasteiger partial charge in [0.25, 0.3) is 0 Å². The van der Waals surface area contributed by atoms with Gasteiger partial charge in [-0.15, -0.1) is 0 Å². The highest BCUT2D eigenvalue weighted by Gasteiger charge is 1.94. The van der Waals surface area contributed by atoms with Crippen molar-refractivity contribution in [3.05, 3.63) is 21.9 Å². The smallest absolute Gasteiger partial charge is 0.144 e. The lowest BCUT2D eigenvalue weighted by atomic mass is 10.5. The van der Waals surface area contributed by atoms with Crippen molar-refractivity contribution in [2.45, 2.75) is 0 Å². The summed E-state index contributed by atoms with van der Waals surface area (Å²) in [5.41, 5.74) is 0. The highest BCUT2D eigenvalue weighted by molar-refractivity contribution is 14.1. The van der Waals surface area contributed by atoms with Crippen LogP contribution >= 0.6 is 22.6 Å². The lowest BCUT2D eigenvalue weighted by Crippen LogP contribution is -1.98. The summed E-state index contributed by atoms with van der Waals surface area (Å²) in [6, 6.07) is 3.74.